The second-order valence-corrected chi connectivity index (χ2v) is 4.03. The van der Waals surface area contributed by atoms with Crippen molar-refractivity contribution in [3.05, 3.63) is 40.0 Å². The number of nitrogens with one attached hydrogen (secondary N) is 1. The van der Waals surface area contributed by atoms with E-state index in [1.165, 1.54) is 18.5 Å². The summed E-state index contributed by atoms with van der Waals surface area (Å²) < 4.78 is 4.99. The summed E-state index contributed by atoms with van der Waals surface area (Å²) in [6.45, 7) is 1.75. The zero-order valence-electron chi connectivity index (χ0n) is 8.70. The van der Waals surface area contributed by atoms with Gasteiger partial charge in [0, 0.05) is 6.20 Å². The molecule has 2 aromatic rings. The molecular formula is C10H7Cl2N3O2. The quantitative estimate of drug-likeness (QED) is 0.853. The van der Waals surface area contributed by atoms with Gasteiger partial charge in [0.1, 0.15) is 11.4 Å². The minimum Gasteiger partial charge on any atom is -0.432 e. The molecule has 0 aliphatic heterocycles. The number of halogens is 2. The van der Waals surface area contributed by atoms with Crippen LogP contribution in [0.25, 0.3) is 0 Å². The molecule has 0 saturated carbocycles. The van der Waals surface area contributed by atoms with Crippen LogP contribution >= 0.6 is 23.2 Å². The largest absolute Gasteiger partial charge is 0.432 e. The number of nitrogens with zero attached hydrogens (tertiary/aromatic N) is 2. The van der Waals surface area contributed by atoms with Gasteiger partial charge in [0.25, 0.3) is 5.91 Å². The smallest absolute Gasteiger partial charge is 0.301 e. The van der Waals surface area contributed by atoms with Crippen LogP contribution in [0.5, 0.6) is 0 Å². The van der Waals surface area contributed by atoms with Crippen LogP contribution in [0.2, 0.25) is 10.2 Å². The van der Waals surface area contributed by atoms with E-state index in [4.69, 9.17) is 27.6 Å². The van der Waals surface area contributed by atoms with Crippen molar-refractivity contribution in [2.24, 2.45) is 0 Å². The first-order valence-electron chi connectivity index (χ1n) is 4.61. The lowest BCUT2D eigenvalue weighted by Crippen LogP contribution is -2.13. The van der Waals surface area contributed by atoms with Crippen molar-refractivity contribution in [3.63, 3.8) is 0 Å². The standard InChI is InChI=1S/C10H7Cl2N3O2/c1-5-4-17-10(14-5)15-9(16)6-2-8(12)13-3-7(6)11/h2-4H,1H3,(H,14,15,16). The van der Waals surface area contributed by atoms with Gasteiger partial charge in [-0.15, -0.1) is 0 Å². The molecule has 0 spiro atoms. The van der Waals surface area contributed by atoms with Gasteiger partial charge in [-0.2, -0.15) is 4.98 Å². The summed E-state index contributed by atoms with van der Waals surface area (Å²) in [7, 11) is 0. The maximum Gasteiger partial charge on any atom is 0.301 e. The van der Waals surface area contributed by atoms with E-state index >= 15 is 0 Å². The highest BCUT2D eigenvalue weighted by Gasteiger charge is 2.14. The predicted molar refractivity (Wildman–Crippen MR) is 63.5 cm³/mol. The Morgan fingerprint density at radius 1 is 1.47 bits per heavy atom. The number of carbonyl (C=O) groups is 1. The van der Waals surface area contributed by atoms with Gasteiger partial charge in [0.15, 0.2) is 0 Å². The lowest BCUT2D eigenvalue weighted by molar-refractivity contribution is 0.102. The van der Waals surface area contributed by atoms with Crippen LogP contribution in [0.15, 0.2) is 22.9 Å². The Kier molecular flexibility index (Phi) is 3.31. The molecule has 0 aliphatic carbocycles. The third-order valence-corrected chi connectivity index (χ3v) is 2.41. The van der Waals surface area contributed by atoms with Crippen molar-refractivity contribution in [1.82, 2.24) is 9.97 Å². The van der Waals surface area contributed by atoms with E-state index in [-0.39, 0.29) is 21.8 Å². The van der Waals surface area contributed by atoms with Crippen molar-refractivity contribution >= 4 is 35.1 Å². The van der Waals surface area contributed by atoms with Crippen LogP contribution in [0.3, 0.4) is 0 Å². The normalized spacial score (nSPS) is 10.3. The summed E-state index contributed by atoms with van der Waals surface area (Å²) >= 11 is 11.5. The Labute approximate surface area is 107 Å². The van der Waals surface area contributed by atoms with Crippen LogP contribution in [-0.2, 0) is 0 Å². The summed E-state index contributed by atoms with van der Waals surface area (Å²) in [6, 6.07) is 1.48. The van der Waals surface area contributed by atoms with E-state index in [1.54, 1.807) is 6.92 Å². The van der Waals surface area contributed by atoms with Gasteiger partial charge >= 0.3 is 6.01 Å². The van der Waals surface area contributed by atoms with Crippen LogP contribution in [-0.4, -0.2) is 15.9 Å². The van der Waals surface area contributed by atoms with E-state index in [0.717, 1.165) is 0 Å². The Morgan fingerprint density at radius 2 is 2.24 bits per heavy atom. The molecule has 0 unspecified atom stereocenters. The maximum absolute atomic E-state index is 11.8. The van der Waals surface area contributed by atoms with Crippen molar-refractivity contribution in [2.45, 2.75) is 6.92 Å². The minimum atomic E-state index is -0.457. The van der Waals surface area contributed by atoms with Gasteiger partial charge < -0.3 is 4.42 Å². The van der Waals surface area contributed by atoms with Crippen molar-refractivity contribution < 1.29 is 9.21 Å². The fraction of sp³-hybridized carbons (Fsp3) is 0.100. The molecule has 0 atom stereocenters. The Bertz CT molecular complexity index is 568. The number of carbonyl (C=O) groups excluding carboxylic acids is 1. The van der Waals surface area contributed by atoms with Crippen molar-refractivity contribution in [3.8, 4) is 0 Å². The number of hydrogen-bond donors (Lipinski definition) is 1. The molecule has 7 heteroatoms. The average Bonchev–Trinajstić information content (AvgIpc) is 2.67. The lowest BCUT2D eigenvalue weighted by atomic mass is 10.2. The number of aryl methyl sites for hydroxylation is 1. The van der Waals surface area contributed by atoms with Gasteiger partial charge in [-0.05, 0) is 13.0 Å². The first kappa shape index (κ1) is 11.9. The molecule has 88 valence electrons. The number of pyridine rings is 1. The van der Waals surface area contributed by atoms with Crippen LogP contribution in [0, 0.1) is 6.92 Å². The topological polar surface area (TPSA) is 68.0 Å². The zero-order valence-corrected chi connectivity index (χ0v) is 10.2. The van der Waals surface area contributed by atoms with Gasteiger partial charge in [0.05, 0.1) is 16.3 Å². The molecule has 2 rings (SSSR count). The molecule has 17 heavy (non-hydrogen) atoms. The third kappa shape index (κ3) is 2.75. The van der Waals surface area contributed by atoms with Crippen molar-refractivity contribution in [1.29, 1.82) is 0 Å². The second-order valence-electron chi connectivity index (χ2n) is 3.24. The van der Waals surface area contributed by atoms with E-state index < -0.39 is 5.91 Å². The average molecular weight is 272 g/mol. The fourth-order valence-electron chi connectivity index (χ4n) is 1.16. The van der Waals surface area contributed by atoms with Gasteiger partial charge in [-0.1, -0.05) is 23.2 Å². The summed E-state index contributed by atoms with van der Waals surface area (Å²) in [5.74, 6) is -0.457. The molecule has 1 N–H and O–H groups in total. The number of anilines is 1. The third-order valence-electron chi connectivity index (χ3n) is 1.91. The Morgan fingerprint density at radius 3 is 2.88 bits per heavy atom. The number of amides is 1. The highest BCUT2D eigenvalue weighted by atomic mass is 35.5. The first-order chi connectivity index (χ1) is 8.06. The molecule has 0 bridgehead atoms. The predicted octanol–water partition coefficient (Wildman–Crippen LogP) is 2.94. The summed E-state index contributed by atoms with van der Waals surface area (Å²) in [5, 5.41) is 2.85. The van der Waals surface area contributed by atoms with E-state index in [1.807, 2.05) is 0 Å². The Balaban J connectivity index is 2.22. The number of aromatic nitrogens is 2. The zero-order chi connectivity index (χ0) is 12.4. The molecule has 0 aliphatic rings. The second kappa shape index (κ2) is 4.73. The van der Waals surface area contributed by atoms with Crippen LogP contribution < -0.4 is 5.32 Å². The first-order valence-corrected chi connectivity index (χ1v) is 5.36. The molecule has 0 radical (unpaired) electrons. The highest BCUT2D eigenvalue weighted by Crippen LogP contribution is 2.19. The summed E-state index contributed by atoms with van der Waals surface area (Å²) in [4.78, 5) is 19.5. The van der Waals surface area contributed by atoms with Gasteiger partial charge in [-0.3, -0.25) is 10.1 Å². The number of rotatable bonds is 2. The van der Waals surface area contributed by atoms with E-state index in [9.17, 15) is 4.79 Å². The highest BCUT2D eigenvalue weighted by molar-refractivity contribution is 6.35. The summed E-state index contributed by atoms with van der Waals surface area (Å²) in [5.41, 5.74) is 0.877. The SMILES string of the molecule is Cc1coc(NC(=O)c2cc(Cl)ncc2Cl)n1. The van der Waals surface area contributed by atoms with Crippen LogP contribution in [0.1, 0.15) is 16.1 Å². The van der Waals surface area contributed by atoms with Gasteiger partial charge in [-0.25, -0.2) is 4.98 Å². The fourth-order valence-corrected chi connectivity index (χ4v) is 1.51. The monoisotopic (exact) mass is 271 g/mol. The molecule has 1 amide bonds. The molecule has 0 aromatic carbocycles. The minimum absolute atomic E-state index is 0.108. The lowest BCUT2D eigenvalue weighted by Gasteiger charge is -2.03. The van der Waals surface area contributed by atoms with Gasteiger partial charge in [0.2, 0.25) is 0 Å². The molecule has 0 saturated heterocycles. The molecule has 2 aromatic heterocycles. The molecular weight excluding hydrogens is 265 g/mol. The van der Waals surface area contributed by atoms with E-state index in [2.05, 4.69) is 15.3 Å². The number of hydrogen-bond acceptors (Lipinski definition) is 4. The van der Waals surface area contributed by atoms with Crippen LogP contribution in [0.4, 0.5) is 6.01 Å². The van der Waals surface area contributed by atoms with Crippen molar-refractivity contribution in [2.75, 3.05) is 5.32 Å². The maximum atomic E-state index is 11.8. The van der Waals surface area contributed by atoms with E-state index in [0.29, 0.717) is 5.69 Å². The Hall–Kier alpha value is -1.59. The molecule has 5 nitrogen and oxygen atoms in total. The number of oxazole rings is 1. The molecule has 0 fully saturated rings. The summed E-state index contributed by atoms with van der Waals surface area (Å²) in [6.07, 6.45) is 2.73. The molecule has 2 heterocycles.